The number of methoxy groups -OCH3 is 1. The minimum atomic E-state index is -1.49. The number of ether oxygens (including phenoxy) is 1. The highest BCUT2D eigenvalue weighted by Crippen LogP contribution is 2.13. The van der Waals surface area contributed by atoms with Crippen molar-refractivity contribution in [2.75, 3.05) is 32.7 Å². The van der Waals surface area contributed by atoms with Crippen molar-refractivity contribution in [1.82, 2.24) is 4.90 Å². The van der Waals surface area contributed by atoms with Crippen LogP contribution in [0.15, 0.2) is 24.3 Å². The zero-order valence-corrected chi connectivity index (χ0v) is 12.0. The zero-order valence-electron chi connectivity index (χ0n) is 11.2. The van der Waals surface area contributed by atoms with Crippen molar-refractivity contribution in [2.24, 2.45) is 0 Å². The van der Waals surface area contributed by atoms with E-state index in [1.807, 2.05) is 0 Å². The van der Waals surface area contributed by atoms with Crippen LogP contribution >= 0.6 is 0 Å². The summed E-state index contributed by atoms with van der Waals surface area (Å²) in [6.45, 7) is 0. The summed E-state index contributed by atoms with van der Waals surface area (Å²) in [5.41, 5.74) is 0.435. The molecule has 0 fully saturated rings. The van der Waals surface area contributed by atoms with E-state index in [-0.39, 0.29) is 23.2 Å². The molecule has 0 aliphatic heterocycles. The number of nitrogens with zero attached hydrogens (tertiary/aromatic N) is 1. The van der Waals surface area contributed by atoms with E-state index >= 15 is 0 Å². The van der Waals surface area contributed by atoms with Crippen LogP contribution in [0.1, 0.15) is 10.4 Å². The normalized spacial score (nSPS) is 11.7. The van der Waals surface area contributed by atoms with Crippen molar-refractivity contribution < 1.29 is 18.5 Å². The lowest BCUT2D eigenvalue weighted by Crippen LogP contribution is -2.29. The Kier molecular flexibility index (Phi) is 5.69. The molecule has 0 saturated heterocycles. The molecule has 0 radical (unpaired) electrons. The first-order valence-corrected chi connectivity index (χ1v) is 7.15. The number of benzene rings is 1. The topological polar surface area (TPSA) is 63.7 Å². The van der Waals surface area contributed by atoms with Crippen LogP contribution in [0.25, 0.3) is 0 Å². The standard InChI is InChI=1S/C13H17NO4S/c1-14(2)13(16)9-19(17)8-12(15)10-5-4-6-11(7-10)18-3/h4-7H,8-9H2,1-3H3. The largest absolute Gasteiger partial charge is 0.497 e. The summed E-state index contributed by atoms with van der Waals surface area (Å²) in [7, 11) is 3.19. The van der Waals surface area contributed by atoms with Crippen LogP contribution in [0, 0.1) is 0 Å². The van der Waals surface area contributed by atoms with Crippen molar-refractivity contribution in [1.29, 1.82) is 0 Å². The van der Waals surface area contributed by atoms with E-state index in [4.69, 9.17) is 4.74 Å². The summed E-state index contributed by atoms with van der Waals surface area (Å²) >= 11 is 0. The Morgan fingerprint density at radius 3 is 2.53 bits per heavy atom. The van der Waals surface area contributed by atoms with Gasteiger partial charge in [0.2, 0.25) is 5.91 Å². The molecule has 1 rings (SSSR count). The van der Waals surface area contributed by atoms with Crippen LogP contribution in [0.5, 0.6) is 5.75 Å². The van der Waals surface area contributed by atoms with Gasteiger partial charge in [0, 0.05) is 30.5 Å². The minimum absolute atomic E-state index is 0.136. The van der Waals surface area contributed by atoms with Crippen LogP contribution in [-0.4, -0.2) is 53.5 Å². The van der Waals surface area contributed by atoms with Gasteiger partial charge >= 0.3 is 0 Å². The molecule has 0 N–H and O–H groups in total. The molecule has 1 amide bonds. The molecule has 19 heavy (non-hydrogen) atoms. The molecular formula is C13H17NO4S. The van der Waals surface area contributed by atoms with Gasteiger partial charge < -0.3 is 9.64 Å². The zero-order chi connectivity index (χ0) is 14.4. The fourth-order valence-electron chi connectivity index (χ4n) is 1.34. The van der Waals surface area contributed by atoms with Crippen molar-refractivity contribution in [3.8, 4) is 5.75 Å². The lowest BCUT2D eigenvalue weighted by Gasteiger charge is -2.09. The third-order valence-electron chi connectivity index (χ3n) is 2.47. The summed E-state index contributed by atoms with van der Waals surface area (Å²) in [6.07, 6.45) is 0. The number of hydrogen-bond donors (Lipinski definition) is 0. The van der Waals surface area contributed by atoms with Crippen molar-refractivity contribution in [3.05, 3.63) is 29.8 Å². The van der Waals surface area contributed by atoms with E-state index in [2.05, 4.69) is 0 Å². The Balaban J connectivity index is 2.64. The monoisotopic (exact) mass is 283 g/mol. The Hall–Kier alpha value is -1.69. The van der Waals surface area contributed by atoms with E-state index in [9.17, 15) is 13.8 Å². The Morgan fingerprint density at radius 2 is 1.95 bits per heavy atom. The molecular weight excluding hydrogens is 266 g/mol. The molecule has 6 heteroatoms. The van der Waals surface area contributed by atoms with Gasteiger partial charge in [-0.1, -0.05) is 12.1 Å². The summed E-state index contributed by atoms with van der Waals surface area (Å²) in [5, 5.41) is 0. The smallest absolute Gasteiger partial charge is 0.234 e. The van der Waals surface area contributed by atoms with E-state index in [1.165, 1.54) is 12.0 Å². The molecule has 0 aliphatic carbocycles. The van der Waals surface area contributed by atoms with Crippen LogP contribution in [0.2, 0.25) is 0 Å². The third kappa shape index (κ3) is 4.82. The summed E-state index contributed by atoms with van der Waals surface area (Å²) < 4.78 is 16.7. The van der Waals surface area contributed by atoms with Crippen molar-refractivity contribution in [2.45, 2.75) is 0 Å². The number of Topliss-reactive ketones (excluding diaryl/α,β-unsaturated/α-hetero) is 1. The van der Waals surface area contributed by atoms with E-state index < -0.39 is 10.8 Å². The second-order valence-electron chi connectivity index (χ2n) is 4.17. The van der Waals surface area contributed by atoms with Gasteiger partial charge in [-0.05, 0) is 12.1 Å². The molecule has 1 aromatic carbocycles. The third-order valence-corrected chi connectivity index (χ3v) is 3.62. The van der Waals surface area contributed by atoms with Crippen molar-refractivity contribution >= 4 is 22.5 Å². The number of amides is 1. The first kappa shape index (κ1) is 15.4. The van der Waals surface area contributed by atoms with Crippen LogP contribution in [0.3, 0.4) is 0 Å². The first-order valence-electron chi connectivity index (χ1n) is 5.66. The predicted octanol–water partition coefficient (Wildman–Crippen LogP) is 0.715. The molecule has 0 spiro atoms. The van der Waals surface area contributed by atoms with Crippen LogP contribution in [-0.2, 0) is 15.6 Å². The molecule has 0 aliphatic rings. The van der Waals surface area contributed by atoms with E-state index in [0.29, 0.717) is 11.3 Å². The van der Waals surface area contributed by atoms with Gasteiger partial charge in [0.05, 0.1) is 12.9 Å². The maximum Gasteiger partial charge on any atom is 0.234 e. The molecule has 104 valence electrons. The minimum Gasteiger partial charge on any atom is -0.497 e. The second kappa shape index (κ2) is 7.04. The highest BCUT2D eigenvalue weighted by Gasteiger charge is 2.15. The van der Waals surface area contributed by atoms with Crippen molar-refractivity contribution in [3.63, 3.8) is 0 Å². The van der Waals surface area contributed by atoms with Gasteiger partial charge in [0.25, 0.3) is 0 Å². The molecule has 1 atom stereocenters. The number of ketones is 1. The van der Waals surface area contributed by atoms with Crippen LogP contribution < -0.4 is 4.74 Å². The number of carbonyl (C=O) groups excluding carboxylic acids is 2. The van der Waals surface area contributed by atoms with Crippen LogP contribution in [0.4, 0.5) is 0 Å². The lowest BCUT2D eigenvalue weighted by atomic mass is 10.1. The maximum atomic E-state index is 11.9. The molecule has 0 aromatic heterocycles. The number of hydrogen-bond acceptors (Lipinski definition) is 4. The van der Waals surface area contributed by atoms with Gasteiger partial charge in [0.15, 0.2) is 5.78 Å². The number of rotatable bonds is 6. The van der Waals surface area contributed by atoms with E-state index in [1.54, 1.807) is 38.4 Å². The van der Waals surface area contributed by atoms with Gasteiger partial charge in [-0.3, -0.25) is 13.8 Å². The molecule has 1 aromatic rings. The fraction of sp³-hybridized carbons (Fsp3) is 0.385. The molecule has 1 unspecified atom stereocenters. The fourth-order valence-corrected chi connectivity index (χ4v) is 2.44. The average molecular weight is 283 g/mol. The summed E-state index contributed by atoms with van der Waals surface area (Å²) in [4.78, 5) is 24.6. The maximum absolute atomic E-state index is 11.9. The first-order chi connectivity index (χ1) is 8.93. The Morgan fingerprint density at radius 1 is 1.26 bits per heavy atom. The molecule has 0 saturated carbocycles. The SMILES string of the molecule is COc1cccc(C(=O)CS(=O)CC(=O)N(C)C)c1. The Labute approximate surface area is 115 Å². The molecule has 5 nitrogen and oxygen atoms in total. The van der Waals surface area contributed by atoms with Gasteiger partial charge in [-0.15, -0.1) is 0 Å². The highest BCUT2D eigenvalue weighted by atomic mass is 32.2. The number of carbonyl (C=O) groups is 2. The summed E-state index contributed by atoms with van der Waals surface area (Å²) in [6, 6.07) is 6.65. The lowest BCUT2D eigenvalue weighted by molar-refractivity contribution is -0.125. The quantitative estimate of drug-likeness (QED) is 0.722. The average Bonchev–Trinajstić information content (AvgIpc) is 2.38. The predicted molar refractivity (Wildman–Crippen MR) is 73.9 cm³/mol. The van der Waals surface area contributed by atoms with E-state index in [0.717, 1.165) is 0 Å². The molecule has 0 bridgehead atoms. The van der Waals surface area contributed by atoms with Gasteiger partial charge in [0.1, 0.15) is 11.5 Å². The molecule has 0 heterocycles. The van der Waals surface area contributed by atoms with Gasteiger partial charge in [-0.2, -0.15) is 0 Å². The second-order valence-corrected chi connectivity index (χ2v) is 5.63. The van der Waals surface area contributed by atoms with Gasteiger partial charge in [-0.25, -0.2) is 0 Å². The summed E-state index contributed by atoms with van der Waals surface area (Å²) in [5.74, 6) is -0.239. The Bertz CT molecular complexity index is 499. The highest BCUT2D eigenvalue weighted by molar-refractivity contribution is 7.86.